The van der Waals surface area contributed by atoms with Crippen LogP contribution in [0.4, 0.5) is 12.9 Å². The van der Waals surface area contributed by atoms with Crippen molar-refractivity contribution in [2.45, 2.75) is 19.8 Å². The van der Waals surface area contributed by atoms with Crippen molar-refractivity contribution in [3.05, 3.63) is 23.8 Å². The van der Waals surface area contributed by atoms with E-state index in [1.165, 1.54) is 0 Å². The predicted octanol–water partition coefficient (Wildman–Crippen LogP) is 2.57. The van der Waals surface area contributed by atoms with Gasteiger partial charge in [-0.25, -0.2) is 0 Å². The summed E-state index contributed by atoms with van der Waals surface area (Å²) in [5, 5.41) is 9.31. The van der Waals surface area contributed by atoms with E-state index in [1.807, 2.05) is 0 Å². The fraction of sp³-hybridized carbons (Fsp3) is 0.333. The summed E-state index contributed by atoms with van der Waals surface area (Å²) in [5.41, 5.74) is -0.326. The van der Waals surface area contributed by atoms with E-state index in [2.05, 4.69) is 0 Å². The van der Waals surface area contributed by atoms with Gasteiger partial charge in [-0.3, -0.25) is 0 Å². The van der Waals surface area contributed by atoms with Gasteiger partial charge in [-0.15, -0.1) is 5.46 Å². The maximum Gasteiger partial charge on any atom is 0.509 e. The van der Waals surface area contributed by atoms with Gasteiger partial charge in [0.15, 0.2) is 0 Å². The van der Waals surface area contributed by atoms with Crippen molar-refractivity contribution >= 4 is 12.4 Å². The van der Waals surface area contributed by atoms with Crippen LogP contribution in [0.15, 0.2) is 18.2 Å². The van der Waals surface area contributed by atoms with E-state index in [9.17, 15) is 18.1 Å². The van der Waals surface area contributed by atoms with Gasteiger partial charge in [-0.1, -0.05) is 26.0 Å². The first-order chi connectivity index (χ1) is 6.32. The number of phenols is 1. The zero-order chi connectivity index (χ0) is 10.9. The Morgan fingerprint density at radius 3 is 2.21 bits per heavy atom. The van der Waals surface area contributed by atoms with Crippen molar-refractivity contribution in [3.63, 3.8) is 0 Å². The molecule has 0 heterocycles. The lowest BCUT2D eigenvalue weighted by Gasteiger charge is -2.17. The van der Waals surface area contributed by atoms with E-state index in [0.29, 0.717) is 5.56 Å². The minimum atomic E-state index is -4.98. The average Bonchev–Trinajstić information content (AvgIpc) is 2.02. The van der Waals surface area contributed by atoms with Crippen molar-refractivity contribution < 1.29 is 18.1 Å². The summed E-state index contributed by atoms with van der Waals surface area (Å²) in [4.78, 5) is 0. The Balaban J connectivity index is 3.20. The molecule has 0 aliphatic carbocycles. The highest BCUT2D eigenvalue weighted by Gasteiger charge is 2.26. The summed E-state index contributed by atoms with van der Waals surface area (Å²) < 4.78 is 37.0. The van der Waals surface area contributed by atoms with Crippen LogP contribution in [-0.4, -0.2) is 12.1 Å². The Kier molecular flexibility index (Phi) is 2.78. The van der Waals surface area contributed by atoms with Gasteiger partial charge in [-0.05, 0) is 17.5 Å². The third-order valence-electron chi connectivity index (χ3n) is 2.05. The van der Waals surface area contributed by atoms with Gasteiger partial charge in [-0.2, -0.15) is 0 Å². The van der Waals surface area contributed by atoms with Gasteiger partial charge in [0.2, 0.25) is 0 Å². The molecule has 1 nitrogen and oxygen atoms in total. The molecule has 0 radical (unpaired) electrons. The molecular formula is C9H11BF3O-. The number of aromatic hydroxyl groups is 1. The third kappa shape index (κ3) is 2.22. The molecule has 14 heavy (non-hydrogen) atoms. The van der Waals surface area contributed by atoms with Crippen molar-refractivity contribution in [2.24, 2.45) is 0 Å². The summed E-state index contributed by atoms with van der Waals surface area (Å²) >= 11 is 0. The number of hydrogen-bond acceptors (Lipinski definition) is 1. The van der Waals surface area contributed by atoms with Gasteiger partial charge >= 0.3 is 6.98 Å². The SMILES string of the molecule is CC(C)c1cc([B-](F)(F)F)ccc1O. The second-order valence-electron chi connectivity index (χ2n) is 3.55. The average molecular weight is 203 g/mol. The molecule has 0 saturated heterocycles. The van der Waals surface area contributed by atoms with Crippen LogP contribution in [0.1, 0.15) is 25.3 Å². The number of halogens is 3. The highest BCUT2D eigenvalue weighted by atomic mass is 19.4. The summed E-state index contributed by atoms with van der Waals surface area (Å²) in [7, 11) is 0. The minimum absolute atomic E-state index is 0.0798. The molecule has 0 amide bonds. The first-order valence-electron chi connectivity index (χ1n) is 4.35. The van der Waals surface area contributed by atoms with E-state index in [-0.39, 0.29) is 11.7 Å². The van der Waals surface area contributed by atoms with Gasteiger partial charge in [0, 0.05) is 0 Å². The summed E-state index contributed by atoms with van der Waals surface area (Å²) in [5.74, 6) is -0.197. The van der Waals surface area contributed by atoms with Gasteiger partial charge in [0.25, 0.3) is 0 Å². The van der Waals surface area contributed by atoms with Crippen LogP contribution in [-0.2, 0) is 0 Å². The Bertz CT molecular complexity index is 333. The van der Waals surface area contributed by atoms with Crippen molar-refractivity contribution in [1.82, 2.24) is 0 Å². The molecule has 0 atom stereocenters. The largest absolute Gasteiger partial charge is 0.509 e. The fourth-order valence-corrected chi connectivity index (χ4v) is 1.24. The fourth-order valence-electron chi connectivity index (χ4n) is 1.24. The van der Waals surface area contributed by atoms with Crippen molar-refractivity contribution in [2.75, 3.05) is 0 Å². The normalized spacial score (nSPS) is 12.1. The molecule has 78 valence electrons. The summed E-state index contributed by atoms with van der Waals surface area (Å²) in [6.07, 6.45) is 0. The Labute approximate surface area is 80.6 Å². The zero-order valence-electron chi connectivity index (χ0n) is 7.97. The summed E-state index contributed by atoms with van der Waals surface area (Å²) in [6, 6.07) is 3.01. The van der Waals surface area contributed by atoms with Crippen molar-refractivity contribution in [1.29, 1.82) is 0 Å². The van der Waals surface area contributed by atoms with E-state index in [4.69, 9.17) is 0 Å². The molecule has 1 aromatic carbocycles. The van der Waals surface area contributed by atoms with E-state index < -0.39 is 12.4 Å². The van der Waals surface area contributed by atoms with Crippen LogP contribution in [0.25, 0.3) is 0 Å². The zero-order valence-corrected chi connectivity index (χ0v) is 7.97. The standard InChI is InChI=1S/C9H11BF3O/c1-6(2)8-5-7(10(11,12)13)3-4-9(8)14/h3-6,14H,1-2H3/q-1. The molecule has 1 rings (SSSR count). The topological polar surface area (TPSA) is 20.2 Å². The van der Waals surface area contributed by atoms with Gasteiger partial charge < -0.3 is 18.1 Å². The highest BCUT2D eigenvalue weighted by Crippen LogP contribution is 2.25. The molecule has 0 aliphatic rings. The minimum Gasteiger partial charge on any atom is -0.508 e. The molecule has 5 heteroatoms. The monoisotopic (exact) mass is 203 g/mol. The lowest BCUT2D eigenvalue weighted by Crippen LogP contribution is -2.34. The summed E-state index contributed by atoms with van der Waals surface area (Å²) in [6.45, 7) is -1.50. The molecule has 0 saturated carbocycles. The quantitative estimate of drug-likeness (QED) is 0.732. The molecular weight excluding hydrogens is 192 g/mol. The van der Waals surface area contributed by atoms with Crippen LogP contribution < -0.4 is 5.46 Å². The van der Waals surface area contributed by atoms with Gasteiger partial charge in [0.05, 0.1) is 0 Å². The smallest absolute Gasteiger partial charge is 0.508 e. The molecule has 0 unspecified atom stereocenters. The van der Waals surface area contributed by atoms with Crippen LogP contribution in [0.5, 0.6) is 5.75 Å². The second-order valence-corrected chi connectivity index (χ2v) is 3.55. The van der Waals surface area contributed by atoms with Crippen LogP contribution in [0.2, 0.25) is 0 Å². The highest BCUT2D eigenvalue weighted by molar-refractivity contribution is 6.73. The second kappa shape index (κ2) is 3.56. The maximum absolute atomic E-state index is 12.3. The van der Waals surface area contributed by atoms with Crippen LogP contribution in [0.3, 0.4) is 0 Å². The Hall–Kier alpha value is -1.13. The molecule has 0 fully saturated rings. The number of rotatable bonds is 2. The first-order valence-corrected chi connectivity index (χ1v) is 4.35. The molecule has 0 spiro atoms. The Morgan fingerprint density at radius 2 is 1.79 bits per heavy atom. The van der Waals surface area contributed by atoms with Crippen LogP contribution in [0, 0.1) is 0 Å². The van der Waals surface area contributed by atoms with E-state index >= 15 is 0 Å². The lowest BCUT2D eigenvalue weighted by molar-refractivity contribution is 0.464. The number of hydrogen-bond donors (Lipinski definition) is 1. The molecule has 0 bridgehead atoms. The molecule has 1 N–H and O–H groups in total. The maximum atomic E-state index is 12.3. The predicted molar refractivity (Wildman–Crippen MR) is 50.9 cm³/mol. The third-order valence-corrected chi connectivity index (χ3v) is 2.05. The Morgan fingerprint density at radius 1 is 1.21 bits per heavy atom. The molecule has 0 aromatic heterocycles. The number of phenolic OH excluding ortho intramolecular Hbond substituents is 1. The van der Waals surface area contributed by atoms with E-state index in [0.717, 1.165) is 18.2 Å². The number of benzene rings is 1. The van der Waals surface area contributed by atoms with Crippen molar-refractivity contribution in [3.8, 4) is 5.75 Å². The first kappa shape index (κ1) is 11.0. The van der Waals surface area contributed by atoms with Crippen LogP contribution >= 0.6 is 0 Å². The van der Waals surface area contributed by atoms with E-state index in [1.54, 1.807) is 13.8 Å². The lowest BCUT2D eigenvalue weighted by atomic mass is 9.78. The molecule has 0 aliphatic heterocycles. The molecule has 1 aromatic rings. The van der Waals surface area contributed by atoms with Gasteiger partial charge in [0.1, 0.15) is 5.75 Å².